The van der Waals surface area contributed by atoms with Crippen molar-refractivity contribution in [2.45, 2.75) is 33.6 Å². The molecule has 7 heteroatoms. The molecular formula is C19H28N4O2S. The molecule has 2 N–H and O–H groups in total. The topological polar surface area (TPSA) is 67.8 Å². The van der Waals surface area contributed by atoms with Crippen molar-refractivity contribution in [3.63, 3.8) is 0 Å². The minimum absolute atomic E-state index is 0.585. The average Bonchev–Trinajstić information content (AvgIpc) is 3.10. The number of anilines is 1. The highest BCUT2D eigenvalue weighted by atomic mass is 32.1. The van der Waals surface area contributed by atoms with Crippen LogP contribution in [0.2, 0.25) is 0 Å². The molecule has 0 saturated carbocycles. The molecule has 0 amide bonds. The van der Waals surface area contributed by atoms with Gasteiger partial charge in [-0.1, -0.05) is 6.92 Å². The average molecular weight is 377 g/mol. The minimum Gasteiger partial charge on any atom is -0.493 e. The Hall–Kier alpha value is -2.28. The first-order valence-corrected chi connectivity index (χ1v) is 9.87. The Balaban J connectivity index is 2.03. The van der Waals surface area contributed by atoms with E-state index < -0.39 is 0 Å². The van der Waals surface area contributed by atoms with Gasteiger partial charge in [0.2, 0.25) is 0 Å². The monoisotopic (exact) mass is 376 g/mol. The van der Waals surface area contributed by atoms with Gasteiger partial charge in [0.1, 0.15) is 0 Å². The molecule has 0 aliphatic heterocycles. The summed E-state index contributed by atoms with van der Waals surface area (Å²) in [5.41, 5.74) is 2.01. The fraction of sp³-hybridized carbons (Fsp3) is 0.474. The summed E-state index contributed by atoms with van der Waals surface area (Å²) in [6, 6.07) is 5.75. The number of hydrogen-bond acceptors (Lipinski definition) is 5. The Bertz CT molecular complexity index is 715. The van der Waals surface area contributed by atoms with Crippen LogP contribution in [0.25, 0.3) is 0 Å². The van der Waals surface area contributed by atoms with E-state index in [4.69, 9.17) is 9.47 Å². The van der Waals surface area contributed by atoms with Crippen LogP contribution in [0.4, 0.5) is 5.69 Å². The van der Waals surface area contributed by atoms with E-state index in [1.54, 1.807) is 18.4 Å². The van der Waals surface area contributed by atoms with E-state index in [0.29, 0.717) is 18.9 Å². The molecule has 0 saturated heterocycles. The van der Waals surface area contributed by atoms with Gasteiger partial charge < -0.3 is 20.1 Å². The second-order valence-electron chi connectivity index (χ2n) is 5.52. The van der Waals surface area contributed by atoms with Crippen molar-refractivity contribution in [1.29, 1.82) is 0 Å². The van der Waals surface area contributed by atoms with Crippen LogP contribution in [0.3, 0.4) is 0 Å². The number of guanidine groups is 1. The molecule has 0 bridgehead atoms. The predicted molar refractivity (Wildman–Crippen MR) is 109 cm³/mol. The molecule has 2 aromatic rings. The fourth-order valence-corrected chi connectivity index (χ4v) is 3.15. The van der Waals surface area contributed by atoms with Crippen LogP contribution >= 0.6 is 11.3 Å². The van der Waals surface area contributed by atoms with Crippen LogP contribution in [0.15, 0.2) is 28.6 Å². The zero-order chi connectivity index (χ0) is 18.8. The van der Waals surface area contributed by atoms with Crippen molar-refractivity contribution in [2.24, 2.45) is 4.99 Å². The summed E-state index contributed by atoms with van der Waals surface area (Å²) < 4.78 is 11.0. The molecule has 0 fully saturated rings. The minimum atomic E-state index is 0.585. The van der Waals surface area contributed by atoms with E-state index in [2.05, 4.69) is 32.9 Å². The van der Waals surface area contributed by atoms with Crippen LogP contribution in [-0.2, 0) is 12.8 Å². The maximum absolute atomic E-state index is 5.63. The van der Waals surface area contributed by atoms with E-state index in [1.165, 1.54) is 5.01 Å². The third kappa shape index (κ3) is 5.91. The van der Waals surface area contributed by atoms with Gasteiger partial charge >= 0.3 is 0 Å². The maximum Gasteiger partial charge on any atom is 0.195 e. The lowest BCUT2D eigenvalue weighted by atomic mass is 10.2. The lowest BCUT2D eigenvalue weighted by molar-refractivity contribution is 0.311. The number of ether oxygens (including phenoxy) is 2. The number of aliphatic imine (C=N–C) groups is 1. The largest absolute Gasteiger partial charge is 0.493 e. The van der Waals surface area contributed by atoms with Crippen LogP contribution in [0, 0.1) is 0 Å². The molecule has 142 valence electrons. The van der Waals surface area contributed by atoms with Crippen molar-refractivity contribution >= 4 is 23.0 Å². The molecule has 1 heterocycles. The molecule has 0 aliphatic rings. The molecule has 1 aromatic heterocycles. The van der Waals surface area contributed by atoms with Gasteiger partial charge in [0.05, 0.1) is 24.4 Å². The zero-order valence-electron chi connectivity index (χ0n) is 16.0. The third-order valence-corrected chi connectivity index (χ3v) is 4.65. The summed E-state index contributed by atoms with van der Waals surface area (Å²) in [4.78, 5) is 9.23. The maximum atomic E-state index is 5.63. The number of thiazole rings is 1. The van der Waals surface area contributed by atoms with Gasteiger partial charge in [0, 0.05) is 36.6 Å². The molecule has 1 aromatic carbocycles. The number of nitrogens with one attached hydrogen (secondary N) is 2. The highest BCUT2D eigenvalue weighted by molar-refractivity contribution is 7.09. The van der Waals surface area contributed by atoms with Crippen molar-refractivity contribution in [3.05, 3.63) is 34.3 Å². The summed E-state index contributed by atoms with van der Waals surface area (Å²) in [5, 5.41) is 9.88. The second-order valence-corrected chi connectivity index (χ2v) is 6.46. The summed E-state index contributed by atoms with van der Waals surface area (Å²) in [7, 11) is 1.64. The molecule has 0 unspecified atom stereocenters. The summed E-state index contributed by atoms with van der Waals surface area (Å²) in [6.07, 6.45) is 1.82. The Kier molecular flexibility index (Phi) is 8.21. The molecule has 0 atom stereocenters. The number of aromatic nitrogens is 1. The van der Waals surface area contributed by atoms with E-state index in [1.807, 2.05) is 32.0 Å². The SMILES string of the molecule is CCNC(=NCCc1csc(CC)n1)Nc1ccc(OC)c(OCC)c1. The fourth-order valence-electron chi connectivity index (χ4n) is 2.37. The Morgan fingerprint density at radius 1 is 1.23 bits per heavy atom. The van der Waals surface area contributed by atoms with Gasteiger partial charge in [0.15, 0.2) is 17.5 Å². The molecule has 2 rings (SSSR count). The molecular weight excluding hydrogens is 348 g/mol. The lowest BCUT2D eigenvalue weighted by Crippen LogP contribution is -2.30. The van der Waals surface area contributed by atoms with Crippen molar-refractivity contribution in [1.82, 2.24) is 10.3 Å². The molecule has 0 spiro atoms. The normalized spacial score (nSPS) is 11.3. The second kappa shape index (κ2) is 10.7. The lowest BCUT2D eigenvalue weighted by Gasteiger charge is -2.14. The van der Waals surface area contributed by atoms with Gasteiger partial charge in [-0.25, -0.2) is 4.98 Å². The van der Waals surface area contributed by atoms with Gasteiger partial charge in [-0.05, 0) is 32.4 Å². The van der Waals surface area contributed by atoms with Crippen LogP contribution < -0.4 is 20.1 Å². The van der Waals surface area contributed by atoms with E-state index in [-0.39, 0.29) is 0 Å². The number of hydrogen-bond donors (Lipinski definition) is 2. The first kappa shape index (κ1) is 20.0. The number of aryl methyl sites for hydroxylation is 1. The third-order valence-electron chi connectivity index (χ3n) is 3.61. The van der Waals surface area contributed by atoms with Crippen LogP contribution in [0.5, 0.6) is 11.5 Å². The van der Waals surface area contributed by atoms with Gasteiger partial charge in [-0.3, -0.25) is 4.99 Å². The first-order chi connectivity index (χ1) is 12.7. The molecule has 0 aliphatic carbocycles. The smallest absolute Gasteiger partial charge is 0.195 e. The summed E-state index contributed by atoms with van der Waals surface area (Å²) in [5.74, 6) is 2.17. The van der Waals surface area contributed by atoms with E-state index in [9.17, 15) is 0 Å². The first-order valence-electron chi connectivity index (χ1n) is 8.99. The van der Waals surface area contributed by atoms with Crippen molar-refractivity contribution < 1.29 is 9.47 Å². The van der Waals surface area contributed by atoms with Crippen LogP contribution in [0.1, 0.15) is 31.5 Å². The van der Waals surface area contributed by atoms with Crippen molar-refractivity contribution in [2.75, 3.05) is 32.1 Å². The number of benzene rings is 1. The van der Waals surface area contributed by atoms with Gasteiger partial charge in [0.25, 0.3) is 0 Å². The number of rotatable bonds is 9. The van der Waals surface area contributed by atoms with Gasteiger partial charge in [-0.2, -0.15) is 0 Å². The molecule has 0 radical (unpaired) electrons. The highest BCUT2D eigenvalue weighted by Gasteiger charge is 2.07. The van der Waals surface area contributed by atoms with Gasteiger partial charge in [-0.15, -0.1) is 11.3 Å². The molecule has 26 heavy (non-hydrogen) atoms. The Labute approximate surface area is 159 Å². The van der Waals surface area contributed by atoms with E-state index in [0.717, 1.165) is 42.5 Å². The zero-order valence-corrected chi connectivity index (χ0v) is 16.8. The quantitative estimate of drug-likeness (QED) is 0.515. The molecule has 6 nitrogen and oxygen atoms in total. The number of nitrogens with zero attached hydrogens (tertiary/aromatic N) is 2. The number of methoxy groups -OCH3 is 1. The van der Waals surface area contributed by atoms with E-state index >= 15 is 0 Å². The highest BCUT2D eigenvalue weighted by Crippen LogP contribution is 2.30. The Morgan fingerprint density at radius 3 is 2.73 bits per heavy atom. The predicted octanol–water partition coefficient (Wildman–Crippen LogP) is 3.73. The van der Waals surface area contributed by atoms with Crippen molar-refractivity contribution in [3.8, 4) is 11.5 Å². The summed E-state index contributed by atoms with van der Waals surface area (Å²) >= 11 is 1.71. The Morgan fingerprint density at radius 2 is 2.08 bits per heavy atom. The summed E-state index contributed by atoms with van der Waals surface area (Å²) in [6.45, 7) is 8.17. The standard InChI is InChI=1S/C19H28N4O2S/c1-5-18-22-15(13-26-18)10-11-21-19(20-6-2)23-14-8-9-16(24-4)17(12-14)25-7-3/h8-9,12-13H,5-7,10-11H2,1-4H3,(H2,20,21,23). The van der Waals surface area contributed by atoms with Crippen LogP contribution in [-0.4, -0.2) is 37.7 Å².